The largest absolute Gasteiger partial charge is 0.496 e. The zero-order valence-electron chi connectivity index (χ0n) is 15.9. The fourth-order valence-corrected chi connectivity index (χ4v) is 4.02. The molecule has 6 nitrogen and oxygen atoms in total. The molecule has 0 atom stereocenters. The maximum Gasteiger partial charge on any atom is 0.329 e. The van der Waals surface area contributed by atoms with Gasteiger partial charge in [0.05, 0.1) is 12.8 Å². The van der Waals surface area contributed by atoms with Crippen LogP contribution in [0.2, 0.25) is 0 Å². The van der Waals surface area contributed by atoms with Gasteiger partial charge < -0.3 is 4.74 Å². The summed E-state index contributed by atoms with van der Waals surface area (Å²) in [5, 5.41) is 2.33. The fourth-order valence-electron chi connectivity index (χ4n) is 4.02. The van der Waals surface area contributed by atoms with E-state index in [0.29, 0.717) is 17.9 Å². The normalized spacial score (nSPS) is 16.9. The molecule has 0 radical (unpaired) electrons. The summed E-state index contributed by atoms with van der Waals surface area (Å²) in [5.41, 5.74) is 4.39. The molecule has 0 aliphatic carbocycles. The summed E-state index contributed by atoms with van der Waals surface area (Å²) in [6.07, 6.45) is 0.773. The molecule has 4 rings (SSSR count). The number of amides is 3. The van der Waals surface area contributed by atoms with Crippen molar-refractivity contribution in [3.63, 3.8) is 0 Å². The van der Waals surface area contributed by atoms with Crippen molar-refractivity contribution in [1.29, 1.82) is 0 Å². The van der Waals surface area contributed by atoms with Crippen molar-refractivity contribution in [1.82, 2.24) is 10.2 Å². The van der Waals surface area contributed by atoms with Gasteiger partial charge in [-0.25, -0.2) is 9.18 Å². The Morgan fingerprint density at radius 3 is 2.61 bits per heavy atom. The standard InChI is InChI=1S/C21H22FN3O3/c1-3-24-9-8-15-14(16-10-13(22)4-7-19(16)28-2)5-6-18(17(15)11-24)25-12-20(26)23-21(25)27/h4-7,10H,3,8-9,11-12H2,1-2H3,(H,23,26,27). The molecule has 28 heavy (non-hydrogen) atoms. The van der Waals surface area contributed by atoms with E-state index < -0.39 is 6.03 Å². The van der Waals surface area contributed by atoms with Crippen LogP contribution in [0.1, 0.15) is 18.1 Å². The van der Waals surface area contributed by atoms with Crippen LogP contribution in [-0.2, 0) is 17.8 Å². The highest BCUT2D eigenvalue weighted by Gasteiger charge is 2.32. The summed E-state index contributed by atoms with van der Waals surface area (Å²) in [6.45, 7) is 4.54. The first-order chi connectivity index (χ1) is 13.5. The van der Waals surface area contributed by atoms with E-state index in [1.165, 1.54) is 17.0 Å². The van der Waals surface area contributed by atoms with E-state index in [1.807, 2.05) is 12.1 Å². The number of benzene rings is 2. The van der Waals surface area contributed by atoms with Crippen LogP contribution >= 0.6 is 0 Å². The summed E-state index contributed by atoms with van der Waals surface area (Å²) in [7, 11) is 1.57. The van der Waals surface area contributed by atoms with E-state index in [9.17, 15) is 14.0 Å². The van der Waals surface area contributed by atoms with Crippen LogP contribution in [0.25, 0.3) is 11.1 Å². The first-order valence-corrected chi connectivity index (χ1v) is 9.34. The molecule has 0 bridgehead atoms. The third kappa shape index (κ3) is 3.11. The SMILES string of the molecule is CCN1CCc2c(-c3cc(F)ccc3OC)ccc(N3CC(=O)NC3=O)c2C1. The Bertz CT molecular complexity index is 960. The summed E-state index contributed by atoms with van der Waals surface area (Å²) in [6, 6.07) is 7.81. The minimum Gasteiger partial charge on any atom is -0.496 e. The molecule has 2 aromatic rings. The Morgan fingerprint density at radius 1 is 1.11 bits per heavy atom. The predicted octanol–water partition coefficient (Wildman–Crippen LogP) is 2.94. The number of halogens is 1. The van der Waals surface area contributed by atoms with E-state index in [4.69, 9.17) is 4.74 Å². The number of nitrogens with one attached hydrogen (secondary N) is 1. The molecule has 2 aromatic carbocycles. The Labute approximate surface area is 162 Å². The van der Waals surface area contributed by atoms with Crippen LogP contribution in [0.5, 0.6) is 5.75 Å². The minimum absolute atomic E-state index is 0.0139. The number of hydrogen-bond donors (Lipinski definition) is 1. The molecular weight excluding hydrogens is 361 g/mol. The second-order valence-electron chi connectivity index (χ2n) is 6.99. The fraction of sp³-hybridized carbons (Fsp3) is 0.333. The van der Waals surface area contributed by atoms with Crippen LogP contribution in [0.15, 0.2) is 30.3 Å². The van der Waals surface area contributed by atoms with Gasteiger partial charge in [-0.1, -0.05) is 13.0 Å². The molecule has 0 saturated carbocycles. The monoisotopic (exact) mass is 383 g/mol. The van der Waals surface area contributed by atoms with Crippen molar-refractivity contribution in [3.05, 3.63) is 47.3 Å². The van der Waals surface area contributed by atoms with Crippen molar-refractivity contribution in [2.75, 3.05) is 31.6 Å². The van der Waals surface area contributed by atoms with Gasteiger partial charge in [0.1, 0.15) is 18.1 Å². The zero-order valence-corrected chi connectivity index (χ0v) is 15.9. The lowest BCUT2D eigenvalue weighted by molar-refractivity contribution is -0.117. The topological polar surface area (TPSA) is 61.9 Å². The first-order valence-electron chi connectivity index (χ1n) is 9.34. The Morgan fingerprint density at radius 2 is 1.93 bits per heavy atom. The van der Waals surface area contributed by atoms with E-state index in [0.717, 1.165) is 41.9 Å². The van der Waals surface area contributed by atoms with Gasteiger partial charge in [-0.05, 0) is 53.9 Å². The van der Waals surface area contributed by atoms with Crippen molar-refractivity contribution < 1.29 is 18.7 Å². The Balaban J connectivity index is 1.88. The van der Waals surface area contributed by atoms with Crippen molar-refractivity contribution in [2.45, 2.75) is 19.9 Å². The van der Waals surface area contributed by atoms with Crippen molar-refractivity contribution in [2.24, 2.45) is 0 Å². The highest BCUT2D eigenvalue weighted by Crippen LogP contribution is 2.40. The molecule has 1 saturated heterocycles. The van der Waals surface area contributed by atoms with Gasteiger partial charge >= 0.3 is 6.03 Å². The minimum atomic E-state index is -0.406. The predicted molar refractivity (Wildman–Crippen MR) is 104 cm³/mol. The van der Waals surface area contributed by atoms with Crippen LogP contribution < -0.4 is 15.0 Å². The number of carbonyl (C=O) groups is 2. The number of carbonyl (C=O) groups excluding carboxylic acids is 2. The number of methoxy groups -OCH3 is 1. The lowest BCUT2D eigenvalue weighted by Gasteiger charge is -2.32. The molecule has 2 aliphatic heterocycles. The first kappa shape index (κ1) is 18.4. The van der Waals surface area contributed by atoms with Gasteiger partial charge in [0.15, 0.2) is 0 Å². The number of hydrogen-bond acceptors (Lipinski definition) is 4. The molecule has 0 aromatic heterocycles. The second-order valence-corrected chi connectivity index (χ2v) is 6.99. The molecule has 146 valence electrons. The van der Waals surface area contributed by atoms with Crippen LogP contribution in [-0.4, -0.2) is 43.6 Å². The van der Waals surface area contributed by atoms with Gasteiger partial charge in [0, 0.05) is 18.7 Å². The van der Waals surface area contributed by atoms with Gasteiger partial charge in [0.25, 0.3) is 0 Å². The number of nitrogens with zero attached hydrogens (tertiary/aromatic N) is 2. The number of fused-ring (bicyclic) bond motifs is 1. The number of likely N-dealkylation sites (N-methyl/N-ethyl adjacent to an activating group) is 1. The summed E-state index contributed by atoms with van der Waals surface area (Å²) in [4.78, 5) is 27.7. The van der Waals surface area contributed by atoms with Crippen LogP contribution in [0, 0.1) is 5.82 Å². The smallest absolute Gasteiger partial charge is 0.329 e. The van der Waals surface area contributed by atoms with Gasteiger partial charge in [0.2, 0.25) is 5.91 Å². The Kier molecular flexibility index (Phi) is 4.77. The number of ether oxygens (including phenoxy) is 1. The highest BCUT2D eigenvalue weighted by atomic mass is 19.1. The zero-order chi connectivity index (χ0) is 19.8. The van der Waals surface area contributed by atoms with E-state index in [1.54, 1.807) is 13.2 Å². The molecule has 2 heterocycles. The van der Waals surface area contributed by atoms with Crippen molar-refractivity contribution >= 4 is 17.6 Å². The van der Waals surface area contributed by atoms with E-state index in [-0.39, 0.29) is 18.3 Å². The maximum atomic E-state index is 14.0. The highest BCUT2D eigenvalue weighted by molar-refractivity contribution is 6.12. The third-order valence-electron chi connectivity index (χ3n) is 5.45. The summed E-state index contributed by atoms with van der Waals surface area (Å²) in [5.74, 6) is -0.0368. The van der Waals surface area contributed by atoms with E-state index >= 15 is 0 Å². The number of rotatable bonds is 4. The summed E-state index contributed by atoms with van der Waals surface area (Å²) >= 11 is 0. The molecule has 1 N–H and O–H groups in total. The van der Waals surface area contributed by atoms with Gasteiger partial charge in [-0.2, -0.15) is 0 Å². The number of anilines is 1. The van der Waals surface area contributed by atoms with Crippen LogP contribution in [0.4, 0.5) is 14.9 Å². The summed E-state index contributed by atoms with van der Waals surface area (Å²) < 4.78 is 19.4. The number of imide groups is 1. The quantitative estimate of drug-likeness (QED) is 0.825. The number of urea groups is 1. The van der Waals surface area contributed by atoms with Crippen molar-refractivity contribution in [3.8, 4) is 16.9 Å². The molecule has 0 unspecified atom stereocenters. The average molecular weight is 383 g/mol. The average Bonchev–Trinajstić information content (AvgIpc) is 3.04. The molecule has 1 fully saturated rings. The molecule has 7 heteroatoms. The molecular formula is C21H22FN3O3. The Hall–Kier alpha value is -2.93. The molecule has 0 spiro atoms. The molecule has 3 amide bonds. The van der Waals surface area contributed by atoms with Crippen LogP contribution in [0.3, 0.4) is 0 Å². The maximum absolute atomic E-state index is 14.0. The second kappa shape index (κ2) is 7.24. The lowest BCUT2D eigenvalue weighted by Crippen LogP contribution is -2.34. The van der Waals surface area contributed by atoms with Gasteiger partial charge in [-0.15, -0.1) is 0 Å². The van der Waals surface area contributed by atoms with E-state index in [2.05, 4.69) is 17.1 Å². The third-order valence-corrected chi connectivity index (χ3v) is 5.45. The molecule has 2 aliphatic rings. The lowest BCUT2D eigenvalue weighted by atomic mass is 9.88. The van der Waals surface area contributed by atoms with Gasteiger partial charge in [-0.3, -0.25) is 19.9 Å².